The Kier molecular flexibility index (Phi) is 6.60. The summed E-state index contributed by atoms with van der Waals surface area (Å²) in [5.41, 5.74) is 9.12. The summed E-state index contributed by atoms with van der Waals surface area (Å²) >= 11 is 0. The molecule has 3 saturated carbocycles. The third-order valence-electron chi connectivity index (χ3n) is 9.52. The number of nitrogens with zero attached hydrogens (tertiary/aromatic N) is 1. The maximum atomic E-state index is 10.3. The van der Waals surface area contributed by atoms with Crippen LogP contribution in [-0.4, -0.2) is 40.5 Å². The van der Waals surface area contributed by atoms with Crippen molar-refractivity contribution in [2.75, 3.05) is 13.2 Å². The number of hydrogen-bond donors (Lipinski definition) is 4. The van der Waals surface area contributed by atoms with E-state index in [1.807, 2.05) is 18.5 Å². The largest absolute Gasteiger partial charge is 0.396 e. The minimum Gasteiger partial charge on any atom is -0.396 e. The molecular formula is C26H41N3O2. The van der Waals surface area contributed by atoms with Crippen molar-refractivity contribution in [1.29, 1.82) is 0 Å². The van der Waals surface area contributed by atoms with Gasteiger partial charge in [-0.15, -0.1) is 0 Å². The van der Waals surface area contributed by atoms with E-state index in [1.165, 1.54) is 11.1 Å². The third-order valence-corrected chi connectivity index (χ3v) is 9.52. The average Bonchev–Trinajstić information content (AvgIpc) is 3.00. The quantitative estimate of drug-likeness (QED) is 0.523. The zero-order chi connectivity index (χ0) is 22.2. The van der Waals surface area contributed by atoms with Gasteiger partial charge in [0.2, 0.25) is 0 Å². The lowest BCUT2D eigenvalue weighted by Gasteiger charge is -2.56. The second-order valence-corrected chi connectivity index (χ2v) is 11.0. The van der Waals surface area contributed by atoms with Crippen LogP contribution >= 0.6 is 0 Å². The van der Waals surface area contributed by atoms with Crippen LogP contribution < -0.4 is 11.1 Å². The summed E-state index contributed by atoms with van der Waals surface area (Å²) in [6.07, 6.45) is 9.28. The Hall–Kier alpha value is -1.27. The van der Waals surface area contributed by atoms with Crippen LogP contribution in [0.3, 0.4) is 0 Å². The first kappa shape index (κ1) is 22.9. The molecule has 5 heteroatoms. The molecule has 3 aliphatic carbocycles. The minimum atomic E-state index is -0.277. The van der Waals surface area contributed by atoms with Gasteiger partial charge in [0.1, 0.15) is 0 Å². The summed E-state index contributed by atoms with van der Waals surface area (Å²) in [6, 6.07) is 4.18. The van der Waals surface area contributed by atoms with E-state index in [-0.39, 0.29) is 35.5 Å². The highest BCUT2D eigenvalue weighted by Gasteiger charge is 2.58. The van der Waals surface area contributed by atoms with Gasteiger partial charge >= 0.3 is 0 Å². The third kappa shape index (κ3) is 4.10. The number of nitrogens with one attached hydrogen (secondary N) is 1. The van der Waals surface area contributed by atoms with Crippen LogP contribution in [0.25, 0.3) is 0 Å². The molecule has 0 radical (unpaired) electrons. The molecule has 1 aromatic rings. The van der Waals surface area contributed by atoms with Gasteiger partial charge in [-0.25, -0.2) is 0 Å². The lowest BCUT2D eigenvalue weighted by molar-refractivity contribution is -0.0934. The summed E-state index contributed by atoms with van der Waals surface area (Å²) in [5.74, 6) is 1.66. The molecule has 0 aromatic carbocycles. The van der Waals surface area contributed by atoms with Crippen molar-refractivity contribution in [2.45, 2.75) is 71.1 Å². The molecule has 0 aliphatic heterocycles. The second kappa shape index (κ2) is 8.93. The van der Waals surface area contributed by atoms with E-state index in [2.05, 4.69) is 36.8 Å². The van der Waals surface area contributed by atoms with Gasteiger partial charge in [0.25, 0.3) is 0 Å². The SMILES string of the molecule is C=C1C(N)CC2[C@H](CNCc3cccnc3)C([C@@]3(C)CC[C@H](O)C[C@@H]3CO)CC[C@]12C. The first-order chi connectivity index (χ1) is 14.8. The topological polar surface area (TPSA) is 91.4 Å². The van der Waals surface area contributed by atoms with Gasteiger partial charge in [-0.3, -0.25) is 4.98 Å². The van der Waals surface area contributed by atoms with Crippen molar-refractivity contribution >= 4 is 0 Å². The molecule has 5 N–H and O–H groups in total. The highest BCUT2D eigenvalue weighted by Crippen LogP contribution is 2.63. The first-order valence-corrected chi connectivity index (χ1v) is 12.1. The molecule has 172 valence electrons. The molecule has 0 amide bonds. The van der Waals surface area contributed by atoms with Gasteiger partial charge in [0, 0.05) is 31.6 Å². The average molecular weight is 428 g/mol. The summed E-state index contributed by atoms with van der Waals surface area (Å²) < 4.78 is 0. The standard InChI is InChI=1S/C26H41N3O2/c1-17-24(27)12-23-21(15-29-14-18-5-4-10-28-13-18)22(7-9-25(17,23)2)26(3)8-6-20(31)11-19(26)16-30/h4-5,10,13,19-24,29-31H,1,6-9,11-12,14-16,27H2,2-3H3/t19-,20+,21-,22?,23?,24?,25-,26+/m1/s1. The predicted octanol–water partition coefficient (Wildman–Crippen LogP) is 3.27. The van der Waals surface area contributed by atoms with Crippen molar-refractivity contribution in [3.63, 3.8) is 0 Å². The fraction of sp³-hybridized carbons (Fsp3) is 0.731. The molecule has 4 rings (SSSR count). The van der Waals surface area contributed by atoms with Crippen LogP contribution in [0.15, 0.2) is 36.7 Å². The molecule has 31 heavy (non-hydrogen) atoms. The van der Waals surface area contributed by atoms with Crippen molar-refractivity contribution < 1.29 is 10.2 Å². The lowest BCUT2D eigenvalue weighted by Crippen LogP contribution is -2.53. The second-order valence-electron chi connectivity index (χ2n) is 11.0. The van der Waals surface area contributed by atoms with E-state index < -0.39 is 0 Å². The predicted molar refractivity (Wildman–Crippen MR) is 124 cm³/mol. The van der Waals surface area contributed by atoms with Crippen molar-refractivity contribution in [1.82, 2.24) is 10.3 Å². The van der Waals surface area contributed by atoms with Crippen LogP contribution in [0.2, 0.25) is 0 Å². The van der Waals surface area contributed by atoms with Crippen LogP contribution in [0, 0.1) is 34.5 Å². The molecule has 1 aromatic heterocycles. The van der Waals surface area contributed by atoms with E-state index in [0.29, 0.717) is 24.2 Å². The Bertz CT molecular complexity index is 771. The molecule has 0 saturated heterocycles. The number of rotatable bonds is 6. The normalized spacial score (nSPS) is 43.1. The molecule has 8 atom stereocenters. The van der Waals surface area contributed by atoms with Gasteiger partial charge in [-0.1, -0.05) is 32.1 Å². The highest BCUT2D eigenvalue weighted by atomic mass is 16.3. The molecule has 3 fully saturated rings. The zero-order valence-electron chi connectivity index (χ0n) is 19.3. The van der Waals surface area contributed by atoms with Gasteiger partial charge in [0.15, 0.2) is 0 Å². The lowest BCUT2D eigenvalue weighted by atomic mass is 9.49. The molecule has 0 spiro atoms. The molecule has 5 nitrogen and oxygen atoms in total. The zero-order valence-corrected chi connectivity index (χ0v) is 19.3. The van der Waals surface area contributed by atoms with Gasteiger partial charge in [-0.05, 0) is 91.2 Å². The number of pyridine rings is 1. The summed E-state index contributed by atoms with van der Waals surface area (Å²) in [5, 5.41) is 24.3. The fourth-order valence-corrected chi connectivity index (χ4v) is 7.44. The monoisotopic (exact) mass is 427 g/mol. The summed E-state index contributed by atoms with van der Waals surface area (Å²) in [6.45, 7) is 11.1. The number of aliphatic hydroxyl groups is 2. The van der Waals surface area contributed by atoms with E-state index in [9.17, 15) is 10.2 Å². The Balaban J connectivity index is 1.59. The molecule has 0 bridgehead atoms. The van der Waals surface area contributed by atoms with Crippen molar-refractivity contribution in [3.8, 4) is 0 Å². The van der Waals surface area contributed by atoms with Crippen LogP contribution in [-0.2, 0) is 6.54 Å². The van der Waals surface area contributed by atoms with Crippen LogP contribution in [0.1, 0.15) is 57.9 Å². The smallest absolute Gasteiger partial charge is 0.0544 e. The highest BCUT2D eigenvalue weighted by molar-refractivity contribution is 5.26. The fourth-order valence-electron chi connectivity index (χ4n) is 7.44. The van der Waals surface area contributed by atoms with Crippen molar-refractivity contribution in [2.24, 2.45) is 40.2 Å². The van der Waals surface area contributed by atoms with E-state index in [0.717, 1.165) is 45.2 Å². The van der Waals surface area contributed by atoms with Crippen LogP contribution in [0.4, 0.5) is 0 Å². The molecule has 3 aliphatic rings. The molecular weight excluding hydrogens is 386 g/mol. The first-order valence-electron chi connectivity index (χ1n) is 12.1. The van der Waals surface area contributed by atoms with Gasteiger partial charge in [0.05, 0.1) is 6.10 Å². The maximum Gasteiger partial charge on any atom is 0.0544 e. The molecule has 1 heterocycles. The Labute approximate surface area is 187 Å². The van der Waals surface area contributed by atoms with E-state index in [4.69, 9.17) is 5.73 Å². The maximum absolute atomic E-state index is 10.3. The number of hydrogen-bond acceptors (Lipinski definition) is 5. The van der Waals surface area contributed by atoms with Gasteiger partial charge in [-0.2, -0.15) is 0 Å². The number of nitrogens with two attached hydrogens (primary N) is 1. The van der Waals surface area contributed by atoms with Gasteiger partial charge < -0.3 is 21.3 Å². The van der Waals surface area contributed by atoms with Crippen molar-refractivity contribution in [3.05, 3.63) is 42.2 Å². The Morgan fingerprint density at radius 3 is 2.74 bits per heavy atom. The Morgan fingerprint density at radius 1 is 1.23 bits per heavy atom. The summed E-state index contributed by atoms with van der Waals surface area (Å²) in [7, 11) is 0. The van der Waals surface area contributed by atoms with E-state index >= 15 is 0 Å². The summed E-state index contributed by atoms with van der Waals surface area (Å²) in [4.78, 5) is 4.24. The minimum absolute atomic E-state index is 0.0456. The number of aromatic nitrogens is 1. The molecule has 3 unspecified atom stereocenters. The number of fused-ring (bicyclic) bond motifs is 1. The van der Waals surface area contributed by atoms with E-state index in [1.54, 1.807) is 0 Å². The Morgan fingerprint density at radius 2 is 2.03 bits per heavy atom. The number of aliphatic hydroxyl groups excluding tert-OH is 2. The van der Waals surface area contributed by atoms with Crippen LogP contribution in [0.5, 0.6) is 0 Å².